The molecule has 0 aliphatic rings. The molecule has 5 heteroatoms. The van der Waals surface area contributed by atoms with E-state index in [1.807, 2.05) is 0 Å². The van der Waals surface area contributed by atoms with Crippen LogP contribution in [-0.2, 0) is 6.54 Å². The quantitative estimate of drug-likeness (QED) is 0.850. The fourth-order valence-corrected chi connectivity index (χ4v) is 1.86. The van der Waals surface area contributed by atoms with E-state index in [0.717, 1.165) is 18.7 Å². The van der Waals surface area contributed by atoms with Crippen LogP contribution in [0.1, 0.15) is 27.2 Å². The van der Waals surface area contributed by atoms with E-state index in [2.05, 4.69) is 53.7 Å². The fraction of sp³-hybridized carbons (Fsp3) is 0.538. The molecule has 0 unspecified atom stereocenters. The van der Waals surface area contributed by atoms with Crippen molar-refractivity contribution in [3.05, 3.63) is 33.7 Å². The van der Waals surface area contributed by atoms with E-state index in [4.69, 9.17) is 0 Å². The summed E-state index contributed by atoms with van der Waals surface area (Å²) < 4.78 is 1.89. The van der Waals surface area contributed by atoms with Crippen molar-refractivity contribution in [2.24, 2.45) is 5.41 Å². The van der Waals surface area contributed by atoms with Crippen LogP contribution in [0.5, 0.6) is 0 Å². The Balaban J connectivity index is 2.77. The maximum atomic E-state index is 11.9. The third kappa shape index (κ3) is 4.29. The molecule has 1 N–H and O–H groups in total. The van der Waals surface area contributed by atoms with Crippen LogP contribution in [0.15, 0.2) is 28.1 Å². The highest BCUT2D eigenvalue weighted by Crippen LogP contribution is 2.20. The van der Waals surface area contributed by atoms with Crippen LogP contribution < -0.4 is 10.9 Å². The van der Waals surface area contributed by atoms with Gasteiger partial charge >= 0.3 is 0 Å². The largest absolute Gasteiger partial charge is 0.383 e. The molecule has 0 saturated heterocycles. The maximum Gasteiger partial charge on any atom is 0.283 e. The van der Waals surface area contributed by atoms with Crippen molar-refractivity contribution in [2.45, 2.75) is 33.7 Å². The number of aromatic nitrogens is 2. The molecule has 0 amide bonds. The summed E-state index contributed by atoms with van der Waals surface area (Å²) in [7, 11) is 0. The second-order valence-corrected chi connectivity index (χ2v) is 6.18. The Morgan fingerprint density at radius 1 is 1.56 bits per heavy atom. The summed E-state index contributed by atoms with van der Waals surface area (Å²) in [5.41, 5.74) is 0.866. The lowest BCUT2D eigenvalue weighted by molar-refractivity contribution is 0.389. The Bertz CT molecular complexity index is 474. The predicted octanol–water partition coefficient (Wildman–Crippen LogP) is 3.04. The maximum absolute atomic E-state index is 11.9. The number of hydrogen-bond acceptors (Lipinski definition) is 3. The summed E-state index contributed by atoms with van der Waals surface area (Å²) in [5.74, 6) is 0. The molecule has 4 nitrogen and oxygen atoms in total. The third-order valence-corrected chi connectivity index (χ3v) is 3.24. The van der Waals surface area contributed by atoms with Gasteiger partial charge in [-0.05, 0) is 27.8 Å². The number of allylic oxidation sites excluding steroid dienone is 1. The average Bonchev–Trinajstić information content (AvgIpc) is 2.27. The van der Waals surface area contributed by atoms with Crippen molar-refractivity contribution in [3.63, 3.8) is 0 Å². The van der Waals surface area contributed by atoms with Gasteiger partial charge in [-0.25, -0.2) is 4.68 Å². The van der Waals surface area contributed by atoms with Crippen molar-refractivity contribution in [1.29, 1.82) is 0 Å². The lowest BCUT2D eigenvalue weighted by Crippen LogP contribution is -2.24. The van der Waals surface area contributed by atoms with E-state index in [9.17, 15) is 4.79 Å². The van der Waals surface area contributed by atoms with E-state index < -0.39 is 0 Å². The van der Waals surface area contributed by atoms with Gasteiger partial charge in [0.2, 0.25) is 0 Å². The molecule has 18 heavy (non-hydrogen) atoms. The summed E-state index contributed by atoms with van der Waals surface area (Å²) in [5, 5.41) is 7.32. The van der Waals surface area contributed by atoms with Gasteiger partial charge < -0.3 is 5.32 Å². The highest BCUT2D eigenvalue weighted by Gasteiger charge is 2.11. The number of nitrogens with zero attached hydrogens (tertiary/aromatic N) is 2. The van der Waals surface area contributed by atoms with Crippen LogP contribution in [0.4, 0.5) is 5.69 Å². The van der Waals surface area contributed by atoms with Crippen molar-refractivity contribution in [2.75, 3.05) is 11.9 Å². The first-order chi connectivity index (χ1) is 8.35. The van der Waals surface area contributed by atoms with Crippen molar-refractivity contribution >= 4 is 21.6 Å². The van der Waals surface area contributed by atoms with E-state index in [1.54, 1.807) is 12.3 Å². The SMILES string of the molecule is C=CCn1ncc(NCCC(C)(C)C)c(Br)c1=O. The molecule has 100 valence electrons. The first kappa shape index (κ1) is 15.0. The lowest BCUT2D eigenvalue weighted by Gasteiger charge is -2.18. The minimum Gasteiger partial charge on any atom is -0.383 e. The fourth-order valence-electron chi connectivity index (χ4n) is 1.41. The molecule has 1 aromatic rings. The van der Waals surface area contributed by atoms with Crippen LogP contribution in [0.2, 0.25) is 0 Å². The van der Waals surface area contributed by atoms with Gasteiger partial charge in [-0.15, -0.1) is 6.58 Å². The normalized spacial score (nSPS) is 11.3. The molecule has 0 radical (unpaired) electrons. The monoisotopic (exact) mass is 313 g/mol. The third-order valence-electron chi connectivity index (χ3n) is 2.48. The second-order valence-electron chi connectivity index (χ2n) is 5.39. The van der Waals surface area contributed by atoms with E-state index in [1.165, 1.54) is 4.68 Å². The van der Waals surface area contributed by atoms with Crippen LogP contribution >= 0.6 is 15.9 Å². The zero-order valence-electron chi connectivity index (χ0n) is 11.2. The summed E-state index contributed by atoms with van der Waals surface area (Å²) in [6.45, 7) is 11.4. The Labute approximate surface area is 116 Å². The Hall–Kier alpha value is -1.10. The van der Waals surface area contributed by atoms with Crippen LogP contribution in [0, 0.1) is 5.41 Å². The van der Waals surface area contributed by atoms with E-state index >= 15 is 0 Å². The van der Waals surface area contributed by atoms with Crippen LogP contribution in [0.3, 0.4) is 0 Å². The second kappa shape index (κ2) is 6.18. The zero-order chi connectivity index (χ0) is 13.8. The Morgan fingerprint density at radius 3 is 2.78 bits per heavy atom. The molecule has 0 aliphatic heterocycles. The molecule has 1 heterocycles. The van der Waals surface area contributed by atoms with Gasteiger partial charge in [-0.1, -0.05) is 26.8 Å². The first-order valence-corrected chi connectivity index (χ1v) is 6.75. The van der Waals surface area contributed by atoms with Gasteiger partial charge in [0.15, 0.2) is 0 Å². The molecule has 0 spiro atoms. The summed E-state index contributed by atoms with van der Waals surface area (Å²) in [4.78, 5) is 11.9. The van der Waals surface area contributed by atoms with Crippen molar-refractivity contribution in [1.82, 2.24) is 9.78 Å². The van der Waals surface area contributed by atoms with Gasteiger partial charge in [0.05, 0.1) is 18.4 Å². The number of rotatable bonds is 5. The van der Waals surface area contributed by atoms with E-state index in [0.29, 0.717) is 11.0 Å². The van der Waals surface area contributed by atoms with Crippen molar-refractivity contribution < 1.29 is 0 Å². The highest BCUT2D eigenvalue weighted by atomic mass is 79.9. The molecule has 0 atom stereocenters. The zero-order valence-corrected chi connectivity index (χ0v) is 12.7. The molecule has 1 aromatic heterocycles. The summed E-state index contributed by atoms with van der Waals surface area (Å²) in [6, 6.07) is 0. The minimum atomic E-state index is -0.143. The van der Waals surface area contributed by atoms with Gasteiger partial charge in [-0.3, -0.25) is 4.79 Å². The smallest absolute Gasteiger partial charge is 0.283 e. The molecule has 0 aliphatic carbocycles. The van der Waals surface area contributed by atoms with Gasteiger partial charge in [-0.2, -0.15) is 5.10 Å². The van der Waals surface area contributed by atoms with Crippen LogP contribution in [0.25, 0.3) is 0 Å². The molecule has 0 aromatic carbocycles. The lowest BCUT2D eigenvalue weighted by atomic mass is 9.92. The van der Waals surface area contributed by atoms with E-state index in [-0.39, 0.29) is 11.0 Å². The molecular formula is C13H20BrN3O. The highest BCUT2D eigenvalue weighted by molar-refractivity contribution is 9.10. The molecule has 0 bridgehead atoms. The summed E-state index contributed by atoms with van der Waals surface area (Å²) >= 11 is 3.31. The molecule has 0 saturated carbocycles. The molecular weight excluding hydrogens is 294 g/mol. The topological polar surface area (TPSA) is 46.9 Å². The van der Waals surface area contributed by atoms with Gasteiger partial charge in [0.1, 0.15) is 4.47 Å². The standard InChI is InChI=1S/C13H20BrN3O/c1-5-8-17-12(18)11(14)10(9-16-17)15-7-6-13(2,3)4/h5,9,15H,1,6-8H2,2-4H3. The Kier molecular flexibility index (Phi) is 5.14. The number of hydrogen-bond donors (Lipinski definition) is 1. The van der Waals surface area contributed by atoms with Gasteiger partial charge in [0.25, 0.3) is 5.56 Å². The van der Waals surface area contributed by atoms with Crippen LogP contribution in [-0.4, -0.2) is 16.3 Å². The molecule has 1 rings (SSSR count). The summed E-state index contributed by atoms with van der Waals surface area (Å²) in [6.07, 6.45) is 4.33. The number of halogens is 1. The number of nitrogens with one attached hydrogen (secondary N) is 1. The first-order valence-electron chi connectivity index (χ1n) is 5.95. The number of anilines is 1. The minimum absolute atomic E-state index is 0.143. The predicted molar refractivity (Wildman–Crippen MR) is 79.0 cm³/mol. The average molecular weight is 314 g/mol. The van der Waals surface area contributed by atoms with Crippen molar-refractivity contribution in [3.8, 4) is 0 Å². The molecule has 0 fully saturated rings. The Morgan fingerprint density at radius 2 is 2.22 bits per heavy atom. The van der Waals surface area contributed by atoms with Gasteiger partial charge in [0, 0.05) is 6.54 Å².